The van der Waals surface area contributed by atoms with Crippen molar-refractivity contribution in [3.8, 4) is 0 Å². The van der Waals surface area contributed by atoms with E-state index in [9.17, 15) is 0 Å². The molecule has 0 spiro atoms. The van der Waals surface area contributed by atoms with E-state index in [2.05, 4.69) is 15.2 Å². The molecular weight excluding hydrogens is 232 g/mol. The average Bonchev–Trinajstić information content (AvgIpc) is 2.85. The van der Waals surface area contributed by atoms with Crippen molar-refractivity contribution in [2.75, 3.05) is 5.75 Å². The summed E-state index contributed by atoms with van der Waals surface area (Å²) in [5.41, 5.74) is 0.654. The van der Waals surface area contributed by atoms with Gasteiger partial charge in [-0.1, -0.05) is 11.6 Å². The van der Waals surface area contributed by atoms with E-state index in [-0.39, 0.29) is 0 Å². The summed E-state index contributed by atoms with van der Waals surface area (Å²) in [5, 5.41) is 9.15. The Morgan fingerprint density at radius 3 is 3.20 bits per heavy atom. The predicted molar refractivity (Wildman–Crippen MR) is 60.2 cm³/mol. The van der Waals surface area contributed by atoms with Crippen LogP contribution in [0.1, 0.15) is 23.9 Å². The fourth-order valence-corrected chi connectivity index (χ4v) is 3.26. The van der Waals surface area contributed by atoms with Crippen LogP contribution in [0, 0.1) is 0 Å². The van der Waals surface area contributed by atoms with Gasteiger partial charge in [-0.25, -0.2) is 4.98 Å². The lowest BCUT2D eigenvalue weighted by Crippen LogP contribution is -1.98. The summed E-state index contributed by atoms with van der Waals surface area (Å²) in [4.78, 5) is 3.98. The van der Waals surface area contributed by atoms with Crippen molar-refractivity contribution in [3.05, 3.63) is 23.4 Å². The van der Waals surface area contributed by atoms with Crippen LogP contribution in [0.15, 0.2) is 12.4 Å². The monoisotopic (exact) mass is 240 g/mol. The first-order valence-electron chi connectivity index (χ1n) is 4.83. The molecule has 1 unspecified atom stereocenters. The van der Waals surface area contributed by atoms with Gasteiger partial charge in [-0.05, 0) is 18.6 Å². The third kappa shape index (κ3) is 1.50. The molecule has 2 aromatic heterocycles. The van der Waals surface area contributed by atoms with Gasteiger partial charge in [0.25, 0.3) is 0 Å². The molecule has 0 N–H and O–H groups in total. The standard InChI is InChI=1S/C9H9ClN4S/c10-7-9-13-12-8(6-2-1-5-15-6)14(9)4-3-11-7/h3-4,6H,1-2,5H2. The van der Waals surface area contributed by atoms with Crippen molar-refractivity contribution >= 4 is 29.0 Å². The lowest BCUT2D eigenvalue weighted by atomic mass is 10.2. The van der Waals surface area contributed by atoms with Crippen LogP contribution in [0.25, 0.3) is 5.65 Å². The van der Waals surface area contributed by atoms with Crippen molar-refractivity contribution in [2.45, 2.75) is 18.1 Å². The minimum atomic E-state index is 0.416. The molecule has 1 fully saturated rings. The van der Waals surface area contributed by atoms with Gasteiger partial charge < -0.3 is 0 Å². The number of hydrogen-bond donors (Lipinski definition) is 0. The summed E-state index contributed by atoms with van der Waals surface area (Å²) in [7, 11) is 0. The maximum absolute atomic E-state index is 5.94. The van der Waals surface area contributed by atoms with Crippen molar-refractivity contribution < 1.29 is 0 Å². The molecule has 1 atom stereocenters. The number of aromatic nitrogens is 4. The maximum atomic E-state index is 5.94. The fraction of sp³-hybridized carbons (Fsp3) is 0.444. The van der Waals surface area contributed by atoms with Gasteiger partial charge in [0.1, 0.15) is 0 Å². The molecule has 3 heterocycles. The largest absolute Gasteiger partial charge is 0.281 e. The first-order chi connectivity index (χ1) is 7.36. The molecule has 1 saturated heterocycles. The van der Waals surface area contributed by atoms with E-state index >= 15 is 0 Å². The Hall–Kier alpha value is -0.810. The highest BCUT2D eigenvalue weighted by Crippen LogP contribution is 2.39. The van der Waals surface area contributed by atoms with Crippen molar-refractivity contribution in [2.24, 2.45) is 0 Å². The third-order valence-corrected chi connectivity index (χ3v) is 4.17. The number of rotatable bonds is 1. The van der Waals surface area contributed by atoms with E-state index in [0.29, 0.717) is 16.1 Å². The van der Waals surface area contributed by atoms with Gasteiger partial charge in [0.2, 0.25) is 0 Å². The molecule has 6 heteroatoms. The van der Waals surface area contributed by atoms with Crippen LogP contribution in [-0.2, 0) is 0 Å². The molecular formula is C9H9ClN4S. The summed E-state index contributed by atoms with van der Waals surface area (Å²) in [6.45, 7) is 0. The summed E-state index contributed by atoms with van der Waals surface area (Å²) < 4.78 is 1.94. The molecule has 0 radical (unpaired) electrons. The lowest BCUT2D eigenvalue weighted by Gasteiger charge is -2.05. The summed E-state index contributed by atoms with van der Waals surface area (Å²) in [6.07, 6.45) is 5.98. The molecule has 0 aromatic carbocycles. The molecule has 78 valence electrons. The Morgan fingerprint density at radius 1 is 1.47 bits per heavy atom. The minimum absolute atomic E-state index is 0.416. The Kier molecular flexibility index (Phi) is 2.29. The first kappa shape index (κ1) is 9.42. The molecule has 0 saturated carbocycles. The highest BCUT2D eigenvalue weighted by Gasteiger charge is 2.23. The summed E-state index contributed by atoms with van der Waals surface area (Å²) in [6, 6.07) is 0. The van der Waals surface area contributed by atoms with Gasteiger partial charge in [-0.3, -0.25) is 4.40 Å². The van der Waals surface area contributed by atoms with Crippen LogP contribution in [0.2, 0.25) is 5.15 Å². The average molecular weight is 241 g/mol. The van der Waals surface area contributed by atoms with Gasteiger partial charge in [-0.15, -0.1) is 10.2 Å². The van der Waals surface area contributed by atoms with Crippen LogP contribution in [0.5, 0.6) is 0 Å². The van der Waals surface area contributed by atoms with Gasteiger partial charge in [0.05, 0.1) is 5.25 Å². The molecule has 0 amide bonds. The second-order valence-electron chi connectivity index (χ2n) is 3.47. The molecule has 2 aromatic rings. The number of nitrogens with zero attached hydrogens (tertiary/aromatic N) is 4. The van der Waals surface area contributed by atoms with Crippen molar-refractivity contribution in [3.63, 3.8) is 0 Å². The van der Waals surface area contributed by atoms with Gasteiger partial charge >= 0.3 is 0 Å². The van der Waals surface area contributed by atoms with E-state index in [1.807, 2.05) is 22.4 Å². The highest BCUT2D eigenvalue weighted by molar-refractivity contribution is 7.99. The molecule has 3 rings (SSSR count). The van der Waals surface area contributed by atoms with Crippen LogP contribution < -0.4 is 0 Å². The molecule has 15 heavy (non-hydrogen) atoms. The fourth-order valence-electron chi connectivity index (χ4n) is 1.82. The molecule has 1 aliphatic rings. The van der Waals surface area contributed by atoms with Gasteiger partial charge in [-0.2, -0.15) is 11.8 Å². The first-order valence-corrected chi connectivity index (χ1v) is 6.25. The molecule has 4 nitrogen and oxygen atoms in total. The lowest BCUT2D eigenvalue weighted by molar-refractivity contribution is 0.765. The second-order valence-corrected chi connectivity index (χ2v) is 5.14. The normalized spacial score (nSPS) is 21.3. The van der Waals surface area contributed by atoms with E-state index in [4.69, 9.17) is 11.6 Å². The molecule has 0 bridgehead atoms. The zero-order valence-electron chi connectivity index (χ0n) is 7.93. The zero-order valence-corrected chi connectivity index (χ0v) is 9.50. The third-order valence-electron chi connectivity index (χ3n) is 2.53. The van der Waals surface area contributed by atoms with Crippen LogP contribution in [0.4, 0.5) is 0 Å². The molecule has 0 aliphatic carbocycles. The van der Waals surface area contributed by atoms with E-state index < -0.39 is 0 Å². The smallest absolute Gasteiger partial charge is 0.198 e. The SMILES string of the molecule is Clc1nccn2c(C3CCCS3)nnc12. The number of thioether (sulfide) groups is 1. The van der Waals surface area contributed by atoms with E-state index in [1.54, 1.807) is 6.20 Å². The van der Waals surface area contributed by atoms with Crippen LogP contribution >= 0.6 is 23.4 Å². The highest BCUT2D eigenvalue weighted by atomic mass is 35.5. The van der Waals surface area contributed by atoms with Gasteiger partial charge in [0.15, 0.2) is 16.6 Å². The number of fused-ring (bicyclic) bond motifs is 1. The zero-order chi connectivity index (χ0) is 10.3. The van der Waals surface area contributed by atoms with E-state index in [1.165, 1.54) is 18.6 Å². The maximum Gasteiger partial charge on any atom is 0.198 e. The Morgan fingerprint density at radius 2 is 2.40 bits per heavy atom. The van der Waals surface area contributed by atoms with Crippen molar-refractivity contribution in [1.29, 1.82) is 0 Å². The summed E-state index contributed by atoms with van der Waals surface area (Å²) in [5.74, 6) is 2.20. The Labute approximate surface area is 96.1 Å². The van der Waals surface area contributed by atoms with Gasteiger partial charge in [0, 0.05) is 12.4 Å². The second kappa shape index (κ2) is 3.64. The predicted octanol–water partition coefficient (Wildman–Crippen LogP) is 2.35. The van der Waals surface area contributed by atoms with Crippen LogP contribution in [-0.4, -0.2) is 25.3 Å². The Bertz CT molecular complexity index is 492. The van der Waals surface area contributed by atoms with Crippen molar-refractivity contribution in [1.82, 2.24) is 19.6 Å². The van der Waals surface area contributed by atoms with E-state index in [0.717, 1.165) is 5.82 Å². The molecule has 1 aliphatic heterocycles. The minimum Gasteiger partial charge on any atom is -0.281 e. The Balaban J connectivity index is 2.15. The summed E-state index contributed by atoms with van der Waals surface area (Å²) >= 11 is 7.87. The quantitative estimate of drug-likeness (QED) is 0.768. The number of halogens is 1. The topological polar surface area (TPSA) is 43.1 Å². The van der Waals surface area contributed by atoms with Crippen LogP contribution in [0.3, 0.4) is 0 Å². The number of hydrogen-bond acceptors (Lipinski definition) is 4.